The summed E-state index contributed by atoms with van der Waals surface area (Å²) in [6.45, 7) is 0.726. The van der Waals surface area contributed by atoms with E-state index in [1.807, 2.05) is 40.6 Å². The van der Waals surface area contributed by atoms with Gasteiger partial charge in [-0.3, -0.25) is 9.59 Å². The van der Waals surface area contributed by atoms with E-state index in [9.17, 15) is 9.59 Å². The first kappa shape index (κ1) is 16.3. The van der Waals surface area contributed by atoms with E-state index < -0.39 is 0 Å². The van der Waals surface area contributed by atoms with Crippen LogP contribution in [0.3, 0.4) is 0 Å². The third kappa shape index (κ3) is 3.33. The topological polar surface area (TPSA) is 49.4 Å². The zero-order chi connectivity index (χ0) is 17.2. The fourth-order valence-electron chi connectivity index (χ4n) is 3.83. The van der Waals surface area contributed by atoms with Crippen LogP contribution >= 0.6 is 11.3 Å². The highest BCUT2D eigenvalue weighted by molar-refractivity contribution is 7.12. The van der Waals surface area contributed by atoms with Gasteiger partial charge in [-0.05, 0) is 54.8 Å². The lowest BCUT2D eigenvalue weighted by atomic mass is 10.0. The molecule has 0 bridgehead atoms. The van der Waals surface area contributed by atoms with Crippen molar-refractivity contribution in [2.75, 3.05) is 16.8 Å². The van der Waals surface area contributed by atoms with Crippen LogP contribution in [0.15, 0.2) is 35.7 Å². The Balaban J connectivity index is 1.57. The summed E-state index contributed by atoms with van der Waals surface area (Å²) in [6.07, 6.45) is 6.20. The Bertz CT molecular complexity index is 779. The highest BCUT2D eigenvalue weighted by Gasteiger charge is 2.26. The lowest BCUT2D eigenvalue weighted by Crippen LogP contribution is -2.35. The van der Waals surface area contributed by atoms with Crippen molar-refractivity contribution < 1.29 is 9.59 Å². The molecule has 4 nitrogen and oxygen atoms in total. The Labute approximate surface area is 151 Å². The second-order valence-electron chi connectivity index (χ2n) is 6.85. The number of hydrogen-bond donors (Lipinski definition) is 1. The molecule has 0 saturated heterocycles. The van der Waals surface area contributed by atoms with E-state index in [1.165, 1.54) is 16.9 Å². The second kappa shape index (κ2) is 7.00. The minimum absolute atomic E-state index is 0.0511. The molecule has 2 heterocycles. The maximum absolute atomic E-state index is 12.8. The standard InChI is InChI=1S/C20H22N2O2S/c23-19(15-5-1-2-6-15)21-16-10-9-14-7-3-11-22(17(14)13-16)20(24)18-8-4-12-25-18/h4,8-10,12-13,15H,1-3,5-7,11H2,(H,21,23). The molecule has 0 spiro atoms. The monoisotopic (exact) mass is 354 g/mol. The van der Waals surface area contributed by atoms with Crippen LogP contribution in [0.2, 0.25) is 0 Å². The molecule has 1 fully saturated rings. The lowest BCUT2D eigenvalue weighted by Gasteiger charge is -2.29. The molecule has 2 aromatic rings. The number of aryl methyl sites for hydroxylation is 1. The minimum Gasteiger partial charge on any atom is -0.326 e. The number of rotatable bonds is 3. The van der Waals surface area contributed by atoms with Crippen molar-refractivity contribution in [1.29, 1.82) is 0 Å². The maximum Gasteiger partial charge on any atom is 0.268 e. The van der Waals surface area contributed by atoms with E-state index in [2.05, 4.69) is 5.32 Å². The number of thiophene rings is 1. The van der Waals surface area contributed by atoms with E-state index in [4.69, 9.17) is 0 Å². The van der Waals surface area contributed by atoms with Gasteiger partial charge in [0.25, 0.3) is 5.91 Å². The second-order valence-corrected chi connectivity index (χ2v) is 7.80. The van der Waals surface area contributed by atoms with Gasteiger partial charge >= 0.3 is 0 Å². The van der Waals surface area contributed by atoms with Gasteiger partial charge in [-0.2, -0.15) is 0 Å². The van der Waals surface area contributed by atoms with E-state index >= 15 is 0 Å². The zero-order valence-corrected chi connectivity index (χ0v) is 15.0. The number of carbonyl (C=O) groups excluding carboxylic acids is 2. The minimum atomic E-state index is 0.0511. The SMILES string of the molecule is O=C(Nc1ccc2c(c1)N(C(=O)c1cccs1)CCC2)C1CCCC1. The number of carbonyl (C=O) groups is 2. The van der Waals surface area contributed by atoms with Crippen LogP contribution in [-0.2, 0) is 11.2 Å². The molecule has 0 atom stereocenters. The molecule has 5 heteroatoms. The van der Waals surface area contributed by atoms with E-state index in [-0.39, 0.29) is 17.7 Å². The number of nitrogens with one attached hydrogen (secondary N) is 1. The van der Waals surface area contributed by atoms with E-state index in [0.29, 0.717) is 0 Å². The lowest BCUT2D eigenvalue weighted by molar-refractivity contribution is -0.119. The van der Waals surface area contributed by atoms with E-state index in [0.717, 1.165) is 61.3 Å². The molecule has 0 radical (unpaired) electrons. The van der Waals surface area contributed by atoms with Crippen molar-refractivity contribution in [1.82, 2.24) is 0 Å². The third-order valence-corrected chi connectivity index (χ3v) is 6.03. The van der Waals surface area contributed by atoms with Crippen LogP contribution in [0.1, 0.15) is 47.3 Å². The predicted molar refractivity (Wildman–Crippen MR) is 101 cm³/mol. The van der Waals surface area contributed by atoms with Crippen LogP contribution in [0.5, 0.6) is 0 Å². The highest BCUT2D eigenvalue weighted by Crippen LogP contribution is 2.33. The Morgan fingerprint density at radius 1 is 1.12 bits per heavy atom. The van der Waals surface area contributed by atoms with Crippen LogP contribution in [0, 0.1) is 5.92 Å². The van der Waals surface area contributed by atoms with Gasteiger partial charge in [0, 0.05) is 23.8 Å². The predicted octanol–water partition coefficient (Wildman–Crippen LogP) is 4.47. The molecule has 1 aliphatic heterocycles. The van der Waals surface area contributed by atoms with Crippen molar-refractivity contribution in [3.05, 3.63) is 46.2 Å². The maximum atomic E-state index is 12.8. The number of anilines is 2. The number of nitrogens with zero attached hydrogens (tertiary/aromatic N) is 1. The smallest absolute Gasteiger partial charge is 0.268 e. The largest absolute Gasteiger partial charge is 0.326 e. The molecule has 2 aliphatic rings. The third-order valence-electron chi connectivity index (χ3n) is 5.17. The van der Waals surface area contributed by atoms with Gasteiger partial charge in [-0.1, -0.05) is 25.0 Å². The van der Waals surface area contributed by atoms with Crippen molar-refractivity contribution in [2.24, 2.45) is 5.92 Å². The van der Waals surface area contributed by atoms with Crippen LogP contribution in [-0.4, -0.2) is 18.4 Å². The highest BCUT2D eigenvalue weighted by atomic mass is 32.1. The number of amides is 2. The average Bonchev–Trinajstić information content (AvgIpc) is 3.34. The molecule has 1 aliphatic carbocycles. The van der Waals surface area contributed by atoms with Gasteiger partial charge in [0.1, 0.15) is 0 Å². The van der Waals surface area contributed by atoms with Crippen LogP contribution in [0.4, 0.5) is 11.4 Å². The molecule has 25 heavy (non-hydrogen) atoms. The molecule has 1 saturated carbocycles. The van der Waals surface area contributed by atoms with Gasteiger partial charge in [-0.15, -0.1) is 11.3 Å². The molecule has 2 amide bonds. The summed E-state index contributed by atoms with van der Waals surface area (Å²) >= 11 is 1.47. The molecule has 1 aromatic heterocycles. The summed E-state index contributed by atoms with van der Waals surface area (Å²) < 4.78 is 0. The first-order chi connectivity index (χ1) is 12.2. The first-order valence-electron chi connectivity index (χ1n) is 9.01. The Morgan fingerprint density at radius 3 is 2.72 bits per heavy atom. The van der Waals surface area contributed by atoms with Crippen molar-refractivity contribution in [3.63, 3.8) is 0 Å². The summed E-state index contributed by atoms with van der Waals surface area (Å²) in [5.74, 6) is 0.305. The van der Waals surface area contributed by atoms with Crippen molar-refractivity contribution in [3.8, 4) is 0 Å². The van der Waals surface area contributed by atoms with Gasteiger partial charge in [0.05, 0.1) is 4.88 Å². The summed E-state index contributed by atoms with van der Waals surface area (Å²) in [5, 5.41) is 4.98. The van der Waals surface area contributed by atoms with Gasteiger partial charge in [0.2, 0.25) is 5.91 Å². The van der Waals surface area contributed by atoms with Crippen LogP contribution < -0.4 is 10.2 Å². The fraction of sp³-hybridized carbons (Fsp3) is 0.400. The normalized spacial score (nSPS) is 17.4. The first-order valence-corrected chi connectivity index (χ1v) is 9.89. The Kier molecular flexibility index (Phi) is 4.57. The molecular formula is C20H22N2O2S. The molecule has 0 unspecified atom stereocenters. The summed E-state index contributed by atoms with van der Waals surface area (Å²) in [7, 11) is 0. The van der Waals surface area contributed by atoms with Crippen molar-refractivity contribution >= 4 is 34.5 Å². The van der Waals surface area contributed by atoms with Crippen molar-refractivity contribution in [2.45, 2.75) is 38.5 Å². The van der Waals surface area contributed by atoms with Crippen LogP contribution in [0.25, 0.3) is 0 Å². The number of benzene rings is 1. The molecule has 130 valence electrons. The van der Waals surface area contributed by atoms with Gasteiger partial charge in [-0.25, -0.2) is 0 Å². The summed E-state index contributed by atoms with van der Waals surface area (Å²) in [5.41, 5.74) is 2.91. The summed E-state index contributed by atoms with van der Waals surface area (Å²) in [4.78, 5) is 27.8. The Hall–Kier alpha value is -2.14. The zero-order valence-electron chi connectivity index (χ0n) is 14.2. The Morgan fingerprint density at radius 2 is 1.96 bits per heavy atom. The quantitative estimate of drug-likeness (QED) is 0.884. The molecule has 1 aromatic carbocycles. The van der Waals surface area contributed by atoms with Gasteiger partial charge < -0.3 is 10.2 Å². The molecule has 1 N–H and O–H groups in total. The van der Waals surface area contributed by atoms with Gasteiger partial charge in [0.15, 0.2) is 0 Å². The summed E-state index contributed by atoms with van der Waals surface area (Å²) in [6, 6.07) is 9.75. The molecular weight excluding hydrogens is 332 g/mol. The number of hydrogen-bond acceptors (Lipinski definition) is 3. The average molecular weight is 354 g/mol. The fourth-order valence-corrected chi connectivity index (χ4v) is 4.50. The van der Waals surface area contributed by atoms with E-state index in [1.54, 1.807) is 0 Å². The molecule has 4 rings (SSSR count). The number of fused-ring (bicyclic) bond motifs is 1.